The predicted octanol–water partition coefficient (Wildman–Crippen LogP) is 2.43. The normalized spacial score (nSPS) is 11.5. The zero-order chi connectivity index (χ0) is 21.9. The maximum Gasteiger partial charge on any atom is 0.242 e. The molecule has 0 spiro atoms. The van der Waals surface area contributed by atoms with E-state index in [1.165, 1.54) is 0 Å². The summed E-state index contributed by atoms with van der Waals surface area (Å²) in [7, 11) is 4.69. The molecule has 2 rings (SSSR count). The van der Waals surface area contributed by atoms with Crippen molar-refractivity contribution in [3.8, 4) is 11.5 Å². The second-order valence-corrected chi connectivity index (χ2v) is 6.83. The van der Waals surface area contributed by atoms with Gasteiger partial charge in [-0.05, 0) is 30.2 Å². The van der Waals surface area contributed by atoms with Crippen molar-refractivity contribution in [2.24, 2.45) is 0 Å². The van der Waals surface area contributed by atoms with Gasteiger partial charge in [0.1, 0.15) is 6.04 Å². The molecule has 0 fully saturated rings. The lowest BCUT2D eigenvalue weighted by molar-refractivity contribution is -0.140. The smallest absolute Gasteiger partial charge is 0.242 e. The number of hydrogen-bond donors (Lipinski definition) is 1. The summed E-state index contributed by atoms with van der Waals surface area (Å²) in [5.41, 5.74) is 1.73. The van der Waals surface area contributed by atoms with Crippen LogP contribution >= 0.6 is 0 Å². The zero-order valence-electron chi connectivity index (χ0n) is 18.0. The third kappa shape index (κ3) is 6.49. The fraction of sp³-hybridized carbons (Fsp3) is 0.391. The number of hydrogen-bond acceptors (Lipinski definition) is 5. The summed E-state index contributed by atoms with van der Waals surface area (Å²) in [5.74, 6) is 0.785. The topological polar surface area (TPSA) is 77.1 Å². The summed E-state index contributed by atoms with van der Waals surface area (Å²) in [6.45, 7) is 2.88. The number of ether oxygens (including phenoxy) is 3. The minimum absolute atomic E-state index is 0.142. The zero-order valence-corrected chi connectivity index (χ0v) is 18.0. The van der Waals surface area contributed by atoms with Crippen LogP contribution in [0.2, 0.25) is 0 Å². The first-order chi connectivity index (χ1) is 14.5. The lowest BCUT2D eigenvalue weighted by Gasteiger charge is -2.29. The molecule has 0 bridgehead atoms. The molecule has 0 aromatic heterocycles. The van der Waals surface area contributed by atoms with Crippen LogP contribution in [-0.4, -0.2) is 57.2 Å². The quantitative estimate of drug-likeness (QED) is 0.572. The summed E-state index contributed by atoms with van der Waals surface area (Å²) in [6.07, 6.45) is 0.142. The molecule has 7 nitrogen and oxygen atoms in total. The Morgan fingerprint density at radius 3 is 2.30 bits per heavy atom. The van der Waals surface area contributed by atoms with Crippen LogP contribution in [-0.2, 0) is 27.3 Å². The van der Waals surface area contributed by atoms with E-state index in [9.17, 15) is 9.59 Å². The van der Waals surface area contributed by atoms with E-state index < -0.39 is 6.04 Å². The van der Waals surface area contributed by atoms with Crippen LogP contribution in [0.25, 0.3) is 0 Å². The molecule has 0 aliphatic heterocycles. The highest BCUT2D eigenvalue weighted by Crippen LogP contribution is 2.28. The molecule has 0 saturated heterocycles. The van der Waals surface area contributed by atoms with Crippen molar-refractivity contribution in [1.82, 2.24) is 10.2 Å². The van der Waals surface area contributed by atoms with Gasteiger partial charge < -0.3 is 24.4 Å². The minimum Gasteiger partial charge on any atom is -0.493 e. The Kier molecular flexibility index (Phi) is 9.15. The van der Waals surface area contributed by atoms with E-state index >= 15 is 0 Å². The largest absolute Gasteiger partial charge is 0.493 e. The van der Waals surface area contributed by atoms with Crippen molar-refractivity contribution in [2.45, 2.75) is 25.9 Å². The highest BCUT2D eigenvalue weighted by molar-refractivity contribution is 5.88. The Balaban J connectivity index is 2.20. The molecular weight excluding hydrogens is 384 g/mol. The first-order valence-electron chi connectivity index (χ1n) is 9.81. The third-order valence-corrected chi connectivity index (χ3v) is 4.77. The summed E-state index contributed by atoms with van der Waals surface area (Å²) in [5, 5.41) is 2.81. The van der Waals surface area contributed by atoms with Gasteiger partial charge in [-0.2, -0.15) is 0 Å². The number of rotatable bonds is 11. The van der Waals surface area contributed by atoms with Crippen molar-refractivity contribution in [3.63, 3.8) is 0 Å². The number of nitrogens with zero attached hydrogens (tertiary/aromatic N) is 1. The van der Waals surface area contributed by atoms with E-state index in [2.05, 4.69) is 5.32 Å². The Morgan fingerprint density at radius 2 is 1.67 bits per heavy atom. The molecule has 1 N–H and O–H groups in total. The molecular formula is C23H30N2O5. The molecule has 1 atom stereocenters. The average molecular weight is 415 g/mol. The van der Waals surface area contributed by atoms with E-state index in [4.69, 9.17) is 14.2 Å². The van der Waals surface area contributed by atoms with Crippen LogP contribution in [0.3, 0.4) is 0 Å². The summed E-state index contributed by atoms with van der Waals surface area (Å²) < 4.78 is 15.6. The van der Waals surface area contributed by atoms with Crippen LogP contribution in [0, 0.1) is 0 Å². The van der Waals surface area contributed by atoms with Crippen molar-refractivity contribution < 1.29 is 23.8 Å². The highest BCUT2D eigenvalue weighted by atomic mass is 16.5. The predicted molar refractivity (Wildman–Crippen MR) is 115 cm³/mol. The molecule has 2 aromatic rings. The second kappa shape index (κ2) is 11.8. The molecule has 0 aliphatic rings. The maximum atomic E-state index is 13.2. The molecule has 0 unspecified atom stereocenters. The van der Waals surface area contributed by atoms with E-state index in [1.807, 2.05) is 36.4 Å². The van der Waals surface area contributed by atoms with Crippen molar-refractivity contribution in [2.75, 3.05) is 34.5 Å². The van der Waals surface area contributed by atoms with Gasteiger partial charge in [-0.25, -0.2) is 0 Å². The third-order valence-electron chi connectivity index (χ3n) is 4.77. The fourth-order valence-electron chi connectivity index (χ4n) is 3.05. The van der Waals surface area contributed by atoms with Crippen molar-refractivity contribution in [3.05, 3.63) is 59.7 Å². The lowest BCUT2D eigenvalue weighted by atomic mass is 10.1. The highest BCUT2D eigenvalue weighted by Gasteiger charge is 2.26. The summed E-state index contributed by atoms with van der Waals surface area (Å²) in [6, 6.07) is 14.4. The first kappa shape index (κ1) is 23.2. The van der Waals surface area contributed by atoms with Gasteiger partial charge in [0, 0.05) is 20.2 Å². The molecule has 0 saturated carbocycles. The van der Waals surface area contributed by atoms with Gasteiger partial charge in [-0.1, -0.05) is 36.4 Å². The SMILES string of the molecule is COCCNC(=O)[C@@H](C)N(Cc1ccccc1)C(=O)Cc1ccc(OC)c(OC)c1. The maximum absolute atomic E-state index is 13.2. The molecule has 2 amide bonds. The Morgan fingerprint density at radius 1 is 0.967 bits per heavy atom. The van der Waals surface area contributed by atoms with E-state index in [-0.39, 0.29) is 18.2 Å². The van der Waals surface area contributed by atoms with E-state index in [0.717, 1.165) is 11.1 Å². The van der Waals surface area contributed by atoms with E-state index in [1.54, 1.807) is 45.3 Å². The van der Waals surface area contributed by atoms with Gasteiger partial charge in [0.15, 0.2) is 11.5 Å². The van der Waals surface area contributed by atoms with Crippen LogP contribution in [0.15, 0.2) is 48.5 Å². The number of benzene rings is 2. The van der Waals surface area contributed by atoms with E-state index in [0.29, 0.717) is 31.2 Å². The summed E-state index contributed by atoms with van der Waals surface area (Å²) in [4.78, 5) is 27.4. The second-order valence-electron chi connectivity index (χ2n) is 6.83. The number of carbonyl (C=O) groups is 2. The number of amides is 2. The molecule has 0 radical (unpaired) electrons. The Bertz CT molecular complexity index is 826. The van der Waals surface area contributed by atoms with Gasteiger partial charge in [0.2, 0.25) is 11.8 Å². The van der Waals surface area contributed by atoms with Crippen LogP contribution < -0.4 is 14.8 Å². The van der Waals surface area contributed by atoms with Crippen LogP contribution in [0.5, 0.6) is 11.5 Å². The van der Waals surface area contributed by atoms with Gasteiger partial charge in [-0.15, -0.1) is 0 Å². The molecule has 0 aliphatic carbocycles. The van der Waals surface area contributed by atoms with Crippen molar-refractivity contribution in [1.29, 1.82) is 0 Å². The molecule has 0 heterocycles. The average Bonchev–Trinajstić information content (AvgIpc) is 2.77. The van der Waals surface area contributed by atoms with Crippen molar-refractivity contribution >= 4 is 11.8 Å². The number of carbonyl (C=O) groups excluding carboxylic acids is 2. The Hall–Kier alpha value is -3.06. The monoisotopic (exact) mass is 414 g/mol. The number of nitrogens with one attached hydrogen (secondary N) is 1. The minimum atomic E-state index is -0.630. The molecule has 7 heteroatoms. The number of methoxy groups -OCH3 is 3. The molecule has 2 aromatic carbocycles. The van der Waals surface area contributed by atoms with Gasteiger partial charge in [-0.3, -0.25) is 9.59 Å². The first-order valence-corrected chi connectivity index (χ1v) is 9.81. The Labute approximate surface area is 177 Å². The van der Waals surface area contributed by atoms with Gasteiger partial charge >= 0.3 is 0 Å². The van der Waals surface area contributed by atoms with Gasteiger partial charge in [0.05, 0.1) is 27.2 Å². The summed E-state index contributed by atoms with van der Waals surface area (Å²) >= 11 is 0. The lowest BCUT2D eigenvalue weighted by Crippen LogP contribution is -2.48. The standard InChI is InChI=1S/C23H30N2O5/c1-17(23(27)24-12-13-28-2)25(16-18-8-6-5-7-9-18)22(26)15-19-10-11-20(29-3)21(14-19)30-4/h5-11,14,17H,12-13,15-16H2,1-4H3,(H,24,27)/t17-/m1/s1. The van der Waals surface area contributed by atoms with Crippen LogP contribution in [0.1, 0.15) is 18.1 Å². The fourth-order valence-corrected chi connectivity index (χ4v) is 3.05. The molecule has 162 valence electrons. The molecule has 30 heavy (non-hydrogen) atoms. The van der Waals surface area contributed by atoms with Crippen LogP contribution in [0.4, 0.5) is 0 Å². The van der Waals surface area contributed by atoms with Gasteiger partial charge in [0.25, 0.3) is 0 Å².